The first-order valence-electron chi connectivity index (χ1n) is 44.3. The average Bonchev–Trinajstić information content (AvgIpc) is 0.760. The monoisotopic (exact) mass is 1690 g/mol. The minimum atomic E-state index is -0.280. The lowest BCUT2D eigenvalue weighted by Gasteiger charge is -2.28. The Morgan fingerprint density at radius 1 is 0.305 bits per heavy atom. The third kappa shape index (κ3) is 20.3. The number of benzene rings is 15. The summed E-state index contributed by atoms with van der Waals surface area (Å²) in [5, 5.41) is 4.39. The van der Waals surface area contributed by atoms with Crippen LogP contribution in [-0.4, -0.2) is 27.0 Å². The summed E-state index contributed by atoms with van der Waals surface area (Å²) in [6, 6.07) is 139. The summed E-state index contributed by atoms with van der Waals surface area (Å²) in [7, 11) is 1.72. The minimum Gasteiger partial charge on any atom is -0.496 e. The molecule has 0 saturated heterocycles. The van der Waals surface area contributed by atoms with E-state index in [2.05, 4.69) is 421 Å². The molecule has 0 aliphatic rings. The van der Waals surface area contributed by atoms with Gasteiger partial charge in [-0.3, -0.25) is 19.9 Å². The molecule has 4 heterocycles. The van der Waals surface area contributed by atoms with Gasteiger partial charge in [0.15, 0.2) is 0 Å². The van der Waals surface area contributed by atoms with E-state index >= 15 is 0 Å². The van der Waals surface area contributed by atoms with Crippen LogP contribution >= 0.6 is 0 Å². The molecular formula is C123H97FN6O. The molecule has 7 nitrogen and oxygen atoms in total. The van der Waals surface area contributed by atoms with Crippen LogP contribution in [-0.2, 0) is 6.42 Å². The lowest BCUT2D eigenvalue weighted by Crippen LogP contribution is -2.11. The molecule has 0 fully saturated rings. The molecule has 131 heavy (non-hydrogen) atoms. The van der Waals surface area contributed by atoms with Gasteiger partial charge in [-0.25, -0.2) is 4.39 Å². The van der Waals surface area contributed by atoms with Crippen molar-refractivity contribution in [1.82, 2.24) is 19.9 Å². The van der Waals surface area contributed by atoms with Crippen LogP contribution in [0.5, 0.6) is 5.75 Å². The first-order chi connectivity index (χ1) is 64.3. The molecule has 19 rings (SSSR count). The van der Waals surface area contributed by atoms with E-state index in [1.807, 2.05) is 68.7 Å². The molecule has 8 heteroatoms. The molecule has 0 spiro atoms. The van der Waals surface area contributed by atoms with Crippen molar-refractivity contribution in [1.29, 1.82) is 0 Å². The van der Waals surface area contributed by atoms with Crippen LogP contribution in [0, 0.1) is 40.4 Å². The van der Waals surface area contributed by atoms with Crippen LogP contribution in [0.1, 0.15) is 106 Å². The third-order valence-electron chi connectivity index (χ3n) is 23.9. The maximum Gasteiger partial charge on any atom is 0.128 e. The largest absolute Gasteiger partial charge is 0.496 e. The number of rotatable bonds is 24. The lowest BCUT2D eigenvalue weighted by molar-refractivity contribution is 0.414. The summed E-state index contributed by atoms with van der Waals surface area (Å²) >= 11 is 0. The van der Waals surface area contributed by atoms with Gasteiger partial charge in [-0.1, -0.05) is 290 Å². The number of aromatic nitrogens is 4. The summed E-state index contributed by atoms with van der Waals surface area (Å²) in [4.78, 5) is 22.1. The molecule has 0 aliphatic carbocycles. The van der Waals surface area contributed by atoms with Gasteiger partial charge in [0.1, 0.15) is 11.6 Å². The number of allylic oxidation sites excluding steroid dienone is 2. The van der Waals surface area contributed by atoms with Crippen LogP contribution in [0.15, 0.2) is 444 Å². The van der Waals surface area contributed by atoms with Gasteiger partial charge in [-0.05, 0) is 320 Å². The Morgan fingerprint density at radius 3 is 1.34 bits per heavy atom. The van der Waals surface area contributed by atoms with Gasteiger partial charge in [0.2, 0.25) is 0 Å². The number of anilines is 6. The molecule has 0 radical (unpaired) electrons. The van der Waals surface area contributed by atoms with Crippen LogP contribution in [0.2, 0.25) is 0 Å². The lowest BCUT2D eigenvalue weighted by atomic mass is 9.93. The number of aryl methyl sites for hydroxylation is 5. The van der Waals surface area contributed by atoms with Crippen LogP contribution in [0.25, 0.3) is 90.4 Å². The molecule has 0 amide bonds. The molecule has 0 aliphatic heterocycles. The average molecular weight is 1690 g/mol. The number of nitrogens with zero attached hydrogens (tertiary/aromatic N) is 6. The Labute approximate surface area is 767 Å². The maximum atomic E-state index is 14.7. The maximum absolute atomic E-state index is 14.7. The zero-order valence-electron chi connectivity index (χ0n) is 74.1. The van der Waals surface area contributed by atoms with Gasteiger partial charge < -0.3 is 14.5 Å². The zero-order valence-corrected chi connectivity index (χ0v) is 74.1. The topological polar surface area (TPSA) is 67.3 Å². The standard InChI is InChI=1S/C65H51N.C58H46FN5O/c1-47-21-30-56(31-22-47)63(57-32-23-48(2)24-33-57)45-51-27-38-60(39-28-51)66(61-40-36-54(37-41-61)53-15-8-4-9-16-53)65-20-12-19-59-44-52(29-42-62(59)65)46-64(55-17-10-5-11-18-55)58-34-25-50(26-35-58)43-49-13-6-3-7-14-49;1-39-11-16-51(17-12-39)64(52-18-13-49(58(38-52)65-4)37-55(47-25-31-62-40(2)33-47)48-26-32-63-41(3)34-48)57-20-15-42(56-36-46(14-19-54(56)57)45-8-5-9-50(59)35-45)7-6-10-53(43-21-27-60-28-22-43)44-23-29-61-30-24-44/h3-42,44-46H,43H2,1-2H3;5-38H,1-4H3/b64-46-;7-6+. The second kappa shape index (κ2) is 40.0. The van der Waals surface area contributed by atoms with Crippen LogP contribution in [0.4, 0.5) is 38.5 Å². The highest BCUT2D eigenvalue weighted by molar-refractivity contribution is 6.06. The third-order valence-corrected chi connectivity index (χ3v) is 23.9. The van der Waals surface area contributed by atoms with E-state index in [1.54, 1.807) is 44.0 Å². The smallest absolute Gasteiger partial charge is 0.128 e. The van der Waals surface area contributed by atoms with Gasteiger partial charge in [-0.2, -0.15) is 0 Å². The molecule has 19 aromatic rings. The van der Waals surface area contributed by atoms with Crippen LogP contribution < -0.4 is 14.5 Å². The summed E-state index contributed by atoms with van der Waals surface area (Å²) in [5.74, 6) is 0.440. The molecule has 632 valence electrons. The van der Waals surface area contributed by atoms with Crippen molar-refractivity contribution in [2.45, 2.75) is 41.0 Å². The van der Waals surface area contributed by atoms with Gasteiger partial charge in [0.05, 0.1) is 18.5 Å². The van der Waals surface area contributed by atoms with Gasteiger partial charge in [-0.15, -0.1) is 0 Å². The second-order valence-electron chi connectivity index (χ2n) is 33.1. The Balaban J connectivity index is 0.000000176. The van der Waals surface area contributed by atoms with E-state index in [-0.39, 0.29) is 5.82 Å². The number of fused-ring (bicyclic) bond motifs is 2. The number of pyridine rings is 4. The normalized spacial score (nSPS) is 11.2. The number of methoxy groups -OCH3 is 1. The SMILES string of the molecule is COc1cc(N(c2ccc(C)cc2)c2ccc(/C=C/C=C(c3ccncc3)c3ccncc3)c3cc(-c4cccc(F)c4)ccc23)ccc1C=C(c1ccnc(C)c1)c1ccnc(C)c1.Cc1ccc(C(=Cc2ccc(N(c3ccc(-c4ccccc4)cc3)c3cccc4cc(/C=C(/c5ccccc5)c5ccc(Cc6ccccc6)cc5)ccc34)cc2)c2ccc(C)cc2)cc1. The number of hydrogen-bond donors (Lipinski definition) is 0. The van der Waals surface area contributed by atoms with E-state index in [4.69, 9.17) is 4.74 Å². The number of hydrogen-bond acceptors (Lipinski definition) is 7. The quantitative estimate of drug-likeness (QED) is 0.0441. The Kier molecular flexibility index (Phi) is 26.0. The minimum absolute atomic E-state index is 0.280. The molecule has 0 saturated carbocycles. The van der Waals surface area contributed by atoms with E-state index in [0.29, 0.717) is 0 Å². The molecule has 0 unspecified atom stereocenters. The second-order valence-corrected chi connectivity index (χ2v) is 33.1. The summed E-state index contributed by atoms with van der Waals surface area (Å²) in [6.07, 6.45) is 25.0. The van der Waals surface area contributed by atoms with E-state index in [0.717, 1.165) is 141 Å². The predicted octanol–water partition coefficient (Wildman–Crippen LogP) is 31.7. The fourth-order valence-corrected chi connectivity index (χ4v) is 17.1. The van der Waals surface area contributed by atoms with E-state index < -0.39 is 0 Å². The fourth-order valence-electron chi connectivity index (χ4n) is 17.1. The molecule has 0 bridgehead atoms. The number of halogens is 1. The summed E-state index contributed by atoms with van der Waals surface area (Å²) in [5.41, 5.74) is 36.1. The first-order valence-corrected chi connectivity index (χ1v) is 44.3. The Morgan fingerprint density at radius 2 is 0.748 bits per heavy atom. The van der Waals surface area contributed by atoms with Crippen molar-refractivity contribution < 1.29 is 9.13 Å². The number of ether oxygens (including phenoxy) is 1. The van der Waals surface area contributed by atoms with Gasteiger partial charge in [0.25, 0.3) is 0 Å². The summed E-state index contributed by atoms with van der Waals surface area (Å²) < 4.78 is 20.9. The van der Waals surface area contributed by atoms with Crippen LogP contribution in [0.3, 0.4) is 0 Å². The molecular weight excluding hydrogens is 1600 g/mol. The highest BCUT2D eigenvalue weighted by atomic mass is 19.1. The Bertz CT molecular complexity index is 7250. The summed E-state index contributed by atoms with van der Waals surface area (Å²) in [6.45, 7) is 10.4. The van der Waals surface area contributed by atoms with E-state index in [1.165, 1.54) is 83.6 Å². The zero-order chi connectivity index (χ0) is 89.4. The van der Waals surface area contributed by atoms with Crippen molar-refractivity contribution in [2.75, 3.05) is 16.9 Å². The highest BCUT2D eigenvalue weighted by Crippen LogP contribution is 2.46. The predicted molar refractivity (Wildman–Crippen MR) is 547 cm³/mol. The fraction of sp³-hybridized carbons (Fsp3) is 0.0569. The molecule has 4 aromatic heterocycles. The van der Waals surface area contributed by atoms with Crippen molar-refractivity contribution in [2.24, 2.45) is 0 Å². The van der Waals surface area contributed by atoms with Crippen molar-refractivity contribution in [3.05, 3.63) is 555 Å². The van der Waals surface area contributed by atoms with Crippen molar-refractivity contribution in [3.8, 4) is 28.0 Å². The first kappa shape index (κ1) is 85.3. The molecule has 0 atom stereocenters. The van der Waals surface area contributed by atoms with Crippen molar-refractivity contribution in [3.63, 3.8) is 0 Å². The van der Waals surface area contributed by atoms with Gasteiger partial charge in [0, 0.05) is 93.7 Å². The highest BCUT2D eigenvalue weighted by Gasteiger charge is 2.23. The van der Waals surface area contributed by atoms with E-state index in [9.17, 15) is 4.39 Å². The molecule has 0 N–H and O–H groups in total. The Hall–Kier alpha value is -16.6. The van der Waals surface area contributed by atoms with Gasteiger partial charge >= 0.3 is 0 Å². The molecule has 15 aromatic carbocycles. The van der Waals surface area contributed by atoms with Crippen molar-refractivity contribution >= 4 is 102 Å².